The van der Waals surface area contributed by atoms with Crippen LogP contribution >= 0.6 is 11.6 Å². The molecule has 0 fully saturated rings. The summed E-state index contributed by atoms with van der Waals surface area (Å²) in [5.74, 6) is 2.17. The van der Waals surface area contributed by atoms with Crippen molar-refractivity contribution in [3.8, 4) is 0 Å². The first-order valence-corrected chi connectivity index (χ1v) is 6.95. The first-order valence-electron chi connectivity index (χ1n) is 6.57. The van der Waals surface area contributed by atoms with Crippen molar-refractivity contribution in [3.05, 3.63) is 16.3 Å². The summed E-state index contributed by atoms with van der Waals surface area (Å²) in [5.41, 5.74) is 2.16. The van der Waals surface area contributed by atoms with E-state index in [-0.39, 0.29) is 0 Å². The van der Waals surface area contributed by atoms with Crippen LogP contribution in [0.25, 0.3) is 0 Å². The summed E-state index contributed by atoms with van der Waals surface area (Å²) in [6.07, 6.45) is 0. The van der Waals surface area contributed by atoms with Gasteiger partial charge in [0, 0.05) is 13.1 Å². The van der Waals surface area contributed by atoms with Crippen LogP contribution in [0.3, 0.4) is 0 Å². The molecule has 0 aliphatic rings. The van der Waals surface area contributed by atoms with Crippen LogP contribution in [0.2, 0.25) is 5.15 Å². The fourth-order valence-electron chi connectivity index (χ4n) is 1.99. The molecule has 0 radical (unpaired) electrons. The molecule has 0 amide bonds. The van der Waals surface area contributed by atoms with Gasteiger partial charge in [0.15, 0.2) is 11.0 Å². The number of hydrogen-bond acceptors (Lipinski definition) is 3. The highest BCUT2D eigenvalue weighted by Gasteiger charge is 2.17. The van der Waals surface area contributed by atoms with Gasteiger partial charge in [-0.2, -0.15) is 0 Å². The Morgan fingerprint density at radius 3 is 1.89 bits per heavy atom. The van der Waals surface area contributed by atoms with Crippen molar-refractivity contribution >= 4 is 17.4 Å². The van der Waals surface area contributed by atoms with E-state index in [1.807, 2.05) is 6.92 Å². The van der Waals surface area contributed by atoms with Crippen molar-refractivity contribution in [1.29, 1.82) is 0 Å². The maximum Gasteiger partial charge on any atom is 0.155 e. The second-order valence-corrected chi connectivity index (χ2v) is 6.12. The summed E-state index contributed by atoms with van der Waals surface area (Å²) < 4.78 is 0. The SMILES string of the molecule is Cc1c(Cl)nnc(N(CC(C)C)CC(C)C)c1C. The minimum Gasteiger partial charge on any atom is -0.354 e. The Labute approximate surface area is 116 Å². The normalized spacial score (nSPS) is 11.4. The minimum absolute atomic E-state index is 0.505. The summed E-state index contributed by atoms with van der Waals surface area (Å²) in [4.78, 5) is 2.32. The molecule has 0 saturated carbocycles. The molecule has 0 aromatic carbocycles. The molecule has 0 aliphatic heterocycles. The largest absolute Gasteiger partial charge is 0.354 e. The molecule has 102 valence electrons. The predicted molar refractivity (Wildman–Crippen MR) is 78.4 cm³/mol. The van der Waals surface area contributed by atoms with E-state index in [4.69, 9.17) is 11.6 Å². The molecule has 1 aromatic rings. The lowest BCUT2D eigenvalue weighted by atomic mass is 10.1. The number of halogens is 1. The van der Waals surface area contributed by atoms with Crippen LogP contribution in [0.4, 0.5) is 5.82 Å². The van der Waals surface area contributed by atoms with Crippen LogP contribution in [0, 0.1) is 25.7 Å². The van der Waals surface area contributed by atoms with Gasteiger partial charge in [0.2, 0.25) is 0 Å². The number of anilines is 1. The Kier molecular flexibility index (Phi) is 5.39. The molecule has 1 rings (SSSR count). The zero-order chi connectivity index (χ0) is 13.9. The highest BCUT2D eigenvalue weighted by molar-refractivity contribution is 6.30. The summed E-state index contributed by atoms with van der Waals surface area (Å²) in [6.45, 7) is 14.9. The molecule has 0 unspecified atom stereocenters. The minimum atomic E-state index is 0.505. The molecule has 0 spiro atoms. The van der Waals surface area contributed by atoms with E-state index in [1.165, 1.54) is 0 Å². The van der Waals surface area contributed by atoms with E-state index >= 15 is 0 Å². The maximum absolute atomic E-state index is 6.01. The lowest BCUT2D eigenvalue weighted by Crippen LogP contribution is -2.33. The van der Waals surface area contributed by atoms with E-state index in [2.05, 4.69) is 49.7 Å². The molecule has 0 bridgehead atoms. The van der Waals surface area contributed by atoms with E-state index in [9.17, 15) is 0 Å². The summed E-state index contributed by atoms with van der Waals surface area (Å²) in [5, 5.41) is 8.84. The van der Waals surface area contributed by atoms with Crippen LogP contribution in [0.1, 0.15) is 38.8 Å². The van der Waals surface area contributed by atoms with Gasteiger partial charge in [0.25, 0.3) is 0 Å². The molecule has 0 saturated heterocycles. The lowest BCUT2D eigenvalue weighted by molar-refractivity contribution is 0.545. The van der Waals surface area contributed by atoms with Gasteiger partial charge in [-0.1, -0.05) is 39.3 Å². The summed E-state index contributed by atoms with van der Waals surface area (Å²) in [6, 6.07) is 0. The van der Waals surface area contributed by atoms with Crippen LogP contribution in [0.5, 0.6) is 0 Å². The molecule has 1 aromatic heterocycles. The highest BCUT2D eigenvalue weighted by atomic mass is 35.5. The van der Waals surface area contributed by atoms with Crippen molar-refractivity contribution in [3.63, 3.8) is 0 Å². The van der Waals surface area contributed by atoms with Gasteiger partial charge in [-0.25, -0.2) is 0 Å². The van der Waals surface area contributed by atoms with Gasteiger partial charge in [-0.3, -0.25) is 0 Å². The quantitative estimate of drug-likeness (QED) is 0.813. The first kappa shape index (κ1) is 15.2. The zero-order valence-corrected chi connectivity index (χ0v) is 13.0. The number of hydrogen-bond donors (Lipinski definition) is 0. The zero-order valence-electron chi connectivity index (χ0n) is 12.3. The predicted octanol–water partition coefficient (Wildman–Crippen LogP) is 3.87. The van der Waals surface area contributed by atoms with Crippen LogP contribution in [-0.2, 0) is 0 Å². The van der Waals surface area contributed by atoms with Gasteiger partial charge in [0.1, 0.15) is 0 Å². The average Bonchev–Trinajstić information content (AvgIpc) is 2.24. The summed E-state index contributed by atoms with van der Waals surface area (Å²) in [7, 11) is 0. The van der Waals surface area contributed by atoms with Gasteiger partial charge in [0.05, 0.1) is 0 Å². The van der Waals surface area contributed by atoms with Crippen molar-refractivity contribution in [2.75, 3.05) is 18.0 Å². The van der Waals surface area contributed by atoms with Crippen LogP contribution < -0.4 is 4.90 Å². The third kappa shape index (κ3) is 3.84. The van der Waals surface area contributed by atoms with E-state index < -0.39 is 0 Å². The number of nitrogens with zero attached hydrogens (tertiary/aromatic N) is 3. The van der Waals surface area contributed by atoms with E-state index in [1.54, 1.807) is 0 Å². The van der Waals surface area contributed by atoms with Gasteiger partial charge in [-0.05, 0) is 36.8 Å². The Bertz CT molecular complexity index is 392. The molecule has 0 N–H and O–H groups in total. The second-order valence-electron chi connectivity index (χ2n) is 5.76. The standard InChI is InChI=1S/C14H24ClN3/c1-9(2)7-18(8-10(3)4)14-12(6)11(5)13(15)16-17-14/h9-10H,7-8H2,1-6H3. The number of aromatic nitrogens is 2. The third-order valence-electron chi connectivity index (χ3n) is 2.91. The monoisotopic (exact) mass is 269 g/mol. The van der Waals surface area contributed by atoms with Gasteiger partial charge >= 0.3 is 0 Å². The number of rotatable bonds is 5. The fourth-order valence-corrected chi connectivity index (χ4v) is 2.17. The van der Waals surface area contributed by atoms with Gasteiger partial charge < -0.3 is 4.90 Å². The van der Waals surface area contributed by atoms with Crippen molar-refractivity contribution < 1.29 is 0 Å². The molecule has 18 heavy (non-hydrogen) atoms. The highest BCUT2D eigenvalue weighted by Crippen LogP contribution is 2.25. The molecular formula is C14H24ClN3. The van der Waals surface area contributed by atoms with Crippen molar-refractivity contribution in [1.82, 2.24) is 10.2 Å². The van der Waals surface area contributed by atoms with Gasteiger partial charge in [-0.15, -0.1) is 10.2 Å². The Balaban J connectivity index is 3.08. The maximum atomic E-state index is 6.01. The third-order valence-corrected chi connectivity index (χ3v) is 3.27. The van der Waals surface area contributed by atoms with Crippen molar-refractivity contribution in [2.45, 2.75) is 41.5 Å². The smallest absolute Gasteiger partial charge is 0.155 e. The molecule has 0 aliphatic carbocycles. The van der Waals surface area contributed by atoms with Crippen LogP contribution in [0.15, 0.2) is 0 Å². The average molecular weight is 270 g/mol. The van der Waals surface area contributed by atoms with E-state index in [0.29, 0.717) is 17.0 Å². The lowest BCUT2D eigenvalue weighted by Gasteiger charge is -2.28. The molecule has 0 atom stereocenters. The Morgan fingerprint density at radius 2 is 1.44 bits per heavy atom. The summed E-state index contributed by atoms with van der Waals surface area (Å²) >= 11 is 6.01. The van der Waals surface area contributed by atoms with Crippen molar-refractivity contribution in [2.24, 2.45) is 11.8 Å². The first-order chi connectivity index (χ1) is 8.32. The molecule has 4 heteroatoms. The Morgan fingerprint density at radius 1 is 0.944 bits per heavy atom. The Hall–Kier alpha value is -0.830. The molecular weight excluding hydrogens is 246 g/mol. The van der Waals surface area contributed by atoms with E-state index in [0.717, 1.165) is 30.0 Å². The molecule has 1 heterocycles. The molecule has 3 nitrogen and oxygen atoms in total. The van der Waals surface area contributed by atoms with Crippen LogP contribution in [-0.4, -0.2) is 23.3 Å². The topological polar surface area (TPSA) is 29.0 Å². The fraction of sp³-hybridized carbons (Fsp3) is 0.714. The second kappa shape index (κ2) is 6.37.